The molecular weight excluding hydrogens is 297 g/mol. The fourth-order valence-electron chi connectivity index (χ4n) is 1.09. The molecule has 8 heteroatoms. The normalized spacial score (nSPS) is 9.47. The first-order valence-electron chi connectivity index (χ1n) is 4.26. The number of nitrogens with one attached hydrogen (secondary N) is 1. The molecule has 0 aliphatic carbocycles. The third kappa shape index (κ3) is 2.98. The largest absolute Gasteiger partial charge is 0.329 e. The number of nitrogens with zero attached hydrogens (tertiary/aromatic N) is 2. The Bertz CT molecular complexity index is 527. The van der Waals surface area contributed by atoms with Crippen LogP contribution >= 0.6 is 15.9 Å². The molecule has 1 amide bonds. The van der Waals surface area contributed by atoms with Gasteiger partial charge in [0.25, 0.3) is 0 Å². The molecule has 0 spiro atoms. The first-order chi connectivity index (χ1) is 7.97. The van der Waals surface area contributed by atoms with Crippen molar-refractivity contribution in [2.24, 2.45) is 0 Å². The molecule has 0 aliphatic rings. The van der Waals surface area contributed by atoms with E-state index in [0.29, 0.717) is 0 Å². The summed E-state index contributed by atoms with van der Waals surface area (Å²) >= 11 is 2.96. The van der Waals surface area contributed by atoms with Crippen molar-refractivity contribution < 1.29 is 14.1 Å². The van der Waals surface area contributed by atoms with Crippen molar-refractivity contribution in [2.45, 2.75) is 6.42 Å². The van der Waals surface area contributed by atoms with E-state index in [1.54, 1.807) is 6.07 Å². The van der Waals surface area contributed by atoms with Crippen LogP contribution in [0.25, 0.3) is 0 Å². The lowest BCUT2D eigenvalue weighted by atomic mass is 10.2. The summed E-state index contributed by atoms with van der Waals surface area (Å²) in [7, 11) is 0. The molecule has 0 fully saturated rings. The number of nitriles is 1. The molecule has 0 unspecified atom stereocenters. The molecule has 1 aromatic carbocycles. The van der Waals surface area contributed by atoms with Crippen LogP contribution in [0.1, 0.15) is 6.42 Å². The van der Waals surface area contributed by atoms with Gasteiger partial charge in [-0.2, -0.15) is 9.65 Å². The molecule has 0 bridgehead atoms. The highest BCUT2D eigenvalue weighted by atomic mass is 79.9. The molecule has 88 valence electrons. The van der Waals surface area contributed by atoms with Crippen molar-refractivity contribution in [3.8, 4) is 6.07 Å². The first-order valence-corrected chi connectivity index (χ1v) is 5.06. The molecule has 0 radical (unpaired) electrons. The van der Waals surface area contributed by atoms with Crippen molar-refractivity contribution in [3.05, 3.63) is 32.5 Å². The van der Waals surface area contributed by atoms with E-state index >= 15 is 0 Å². The van der Waals surface area contributed by atoms with Gasteiger partial charge in [-0.15, -0.1) is 0 Å². The van der Waals surface area contributed by atoms with Gasteiger partial charge in [0.15, 0.2) is 0 Å². The monoisotopic (exact) mass is 301 g/mol. The van der Waals surface area contributed by atoms with E-state index in [2.05, 4.69) is 21.2 Å². The van der Waals surface area contributed by atoms with Crippen molar-refractivity contribution in [3.63, 3.8) is 0 Å². The maximum absolute atomic E-state index is 13.2. The number of rotatable bonds is 3. The van der Waals surface area contributed by atoms with E-state index in [0.717, 1.165) is 6.07 Å². The summed E-state index contributed by atoms with van der Waals surface area (Å²) < 4.78 is 13.4. The number of carbonyl (C=O) groups excluding carboxylic acids is 1. The topological polar surface area (TPSA) is 96.0 Å². The van der Waals surface area contributed by atoms with Crippen LogP contribution in [0.15, 0.2) is 16.6 Å². The predicted octanol–water partition coefficient (Wildman–Crippen LogP) is 2.35. The number of carbonyl (C=O) groups is 1. The standard InChI is InChI=1S/C9H5BrFN3O3/c10-5-1-2-6(11)9(14(16)17)8(5)13-7(15)3-4-12/h1-2H,3H2,(H,13,15). The summed E-state index contributed by atoms with van der Waals surface area (Å²) in [5.41, 5.74) is -1.14. The Morgan fingerprint density at radius 1 is 1.65 bits per heavy atom. The number of benzene rings is 1. The summed E-state index contributed by atoms with van der Waals surface area (Å²) in [4.78, 5) is 20.9. The van der Waals surface area contributed by atoms with Crippen molar-refractivity contribution in [2.75, 3.05) is 5.32 Å². The smallest absolute Gasteiger partial charge is 0.318 e. The van der Waals surface area contributed by atoms with Crippen LogP contribution in [0.5, 0.6) is 0 Å². The summed E-state index contributed by atoms with van der Waals surface area (Å²) in [5, 5.41) is 21.1. The van der Waals surface area contributed by atoms with Gasteiger partial charge in [0.1, 0.15) is 12.1 Å². The van der Waals surface area contributed by atoms with Crippen LogP contribution in [-0.4, -0.2) is 10.8 Å². The lowest BCUT2D eigenvalue weighted by molar-refractivity contribution is -0.386. The fourth-order valence-corrected chi connectivity index (χ4v) is 1.51. The second-order valence-electron chi connectivity index (χ2n) is 2.89. The molecule has 0 atom stereocenters. The van der Waals surface area contributed by atoms with E-state index in [9.17, 15) is 19.3 Å². The second kappa shape index (κ2) is 5.36. The number of halogens is 2. The molecule has 0 heterocycles. The van der Waals surface area contributed by atoms with E-state index in [1.165, 1.54) is 6.07 Å². The quantitative estimate of drug-likeness (QED) is 0.684. The average Bonchev–Trinajstić information content (AvgIpc) is 2.23. The van der Waals surface area contributed by atoms with Crippen LogP contribution < -0.4 is 5.32 Å². The molecule has 1 N–H and O–H groups in total. The minimum absolute atomic E-state index is 0.164. The highest BCUT2D eigenvalue weighted by Crippen LogP contribution is 2.34. The summed E-state index contributed by atoms with van der Waals surface area (Å²) in [6, 6.07) is 3.71. The number of hydrogen-bond acceptors (Lipinski definition) is 4. The highest BCUT2D eigenvalue weighted by molar-refractivity contribution is 9.10. The number of hydrogen-bond donors (Lipinski definition) is 1. The Labute approximate surface area is 103 Å². The average molecular weight is 302 g/mol. The maximum atomic E-state index is 13.2. The van der Waals surface area contributed by atoms with Gasteiger partial charge < -0.3 is 5.32 Å². The van der Waals surface area contributed by atoms with Crippen LogP contribution in [0.3, 0.4) is 0 Å². The van der Waals surface area contributed by atoms with E-state index in [4.69, 9.17) is 5.26 Å². The molecule has 17 heavy (non-hydrogen) atoms. The minimum Gasteiger partial charge on any atom is -0.318 e. The van der Waals surface area contributed by atoms with E-state index in [1.807, 2.05) is 0 Å². The van der Waals surface area contributed by atoms with Gasteiger partial charge in [-0.05, 0) is 28.1 Å². The SMILES string of the molecule is N#CCC(=O)Nc1c(Br)ccc(F)c1[N+](=O)[O-]. The molecule has 0 saturated heterocycles. The zero-order valence-electron chi connectivity index (χ0n) is 8.24. The number of anilines is 1. The van der Waals surface area contributed by atoms with E-state index < -0.39 is 28.8 Å². The van der Waals surface area contributed by atoms with Gasteiger partial charge in [0.05, 0.1) is 11.0 Å². The third-order valence-electron chi connectivity index (χ3n) is 1.76. The fraction of sp³-hybridized carbons (Fsp3) is 0.111. The van der Waals surface area contributed by atoms with E-state index in [-0.39, 0.29) is 10.2 Å². The molecule has 1 aromatic rings. The lowest BCUT2D eigenvalue weighted by Crippen LogP contribution is -2.13. The van der Waals surface area contributed by atoms with Gasteiger partial charge in [0, 0.05) is 4.47 Å². The maximum Gasteiger partial charge on any atom is 0.329 e. The second-order valence-corrected chi connectivity index (χ2v) is 3.75. The number of nitro groups is 1. The van der Waals surface area contributed by atoms with Crippen molar-refractivity contribution in [1.29, 1.82) is 5.26 Å². The molecule has 0 saturated carbocycles. The van der Waals surface area contributed by atoms with Gasteiger partial charge in [-0.1, -0.05) is 0 Å². The predicted molar refractivity (Wildman–Crippen MR) is 59.6 cm³/mol. The Balaban J connectivity index is 3.22. The molecule has 0 aliphatic heterocycles. The van der Waals surface area contributed by atoms with Crippen LogP contribution in [-0.2, 0) is 4.79 Å². The zero-order valence-corrected chi connectivity index (χ0v) is 9.82. The summed E-state index contributed by atoms with van der Waals surface area (Å²) in [6.45, 7) is 0. The molecular formula is C9H5BrFN3O3. The van der Waals surface area contributed by atoms with Crippen LogP contribution in [0.2, 0.25) is 0 Å². The third-order valence-corrected chi connectivity index (χ3v) is 2.43. The van der Waals surface area contributed by atoms with Crippen molar-refractivity contribution in [1.82, 2.24) is 0 Å². The molecule has 1 rings (SSSR count). The summed E-state index contributed by atoms with van der Waals surface area (Å²) in [5.74, 6) is -1.81. The summed E-state index contributed by atoms with van der Waals surface area (Å²) in [6.07, 6.45) is -0.472. The Morgan fingerprint density at radius 2 is 2.29 bits per heavy atom. The minimum atomic E-state index is -1.06. The number of amides is 1. The van der Waals surface area contributed by atoms with Crippen LogP contribution in [0.4, 0.5) is 15.8 Å². The number of nitro benzene ring substituents is 1. The Hall–Kier alpha value is -2.01. The highest BCUT2D eigenvalue weighted by Gasteiger charge is 2.24. The van der Waals surface area contributed by atoms with Crippen molar-refractivity contribution >= 4 is 33.2 Å². The van der Waals surface area contributed by atoms with Crippen LogP contribution in [0, 0.1) is 27.3 Å². The van der Waals surface area contributed by atoms with Gasteiger partial charge in [0.2, 0.25) is 11.7 Å². The molecule has 6 nitrogen and oxygen atoms in total. The van der Waals surface area contributed by atoms with Gasteiger partial charge in [-0.3, -0.25) is 14.9 Å². The Morgan fingerprint density at radius 3 is 2.82 bits per heavy atom. The lowest BCUT2D eigenvalue weighted by Gasteiger charge is -2.06. The van der Waals surface area contributed by atoms with Gasteiger partial charge in [-0.25, -0.2) is 0 Å². The first kappa shape index (κ1) is 13.1. The zero-order chi connectivity index (χ0) is 13.0. The molecule has 0 aromatic heterocycles. The Kier molecular flexibility index (Phi) is 4.12. The van der Waals surface area contributed by atoms with Gasteiger partial charge >= 0.3 is 5.69 Å².